The Bertz CT molecular complexity index is 376. The van der Waals surface area contributed by atoms with Crippen molar-refractivity contribution >= 4 is 11.6 Å². The van der Waals surface area contributed by atoms with E-state index < -0.39 is 0 Å². The molecule has 2 rings (SSSR count). The van der Waals surface area contributed by atoms with Gasteiger partial charge in [-0.05, 0) is 41.5 Å². The van der Waals surface area contributed by atoms with E-state index in [1.807, 2.05) is 6.20 Å². The largest absolute Gasteiger partial charge is 0.316 e. The van der Waals surface area contributed by atoms with Crippen LogP contribution in [0.5, 0.6) is 0 Å². The van der Waals surface area contributed by atoms with Gasteiger partial charge in [-0.1, -0.05) is 32.4 Å². The Balaban J connectivity index is 2.47. The molecule has 1 unspecified atom stereocenters. The van der Waals surface area contributed by atoms with Crippen molar-refractivity contribution in [1.29, 1.82) is 0 Å². The molecule has 2 nitrogen and oxygen atoms in total. The summed E-state index contributed by atoms with van der Waals surface area (Å²) in [6.07, 6.45) is 3.02. The highest BCUT2D eigenvalue weighted by atomic mass is 35.5. The van der Waals surface area contributed by atoms with Crippen LogP contribution in [0.1, 0.15) is 44.2 Å². The predicted octanol–water partition coefficient (Wildman–Crippen LogP) is 3.11. The SMILES string of the molecule is CC(C)(C)c1c(C2CCNC2)ccnc1Cl. The fourth-order valence-corrected chi connectivity index (χ4v) is 2.90. The van der Waals surface area contributed by atoms with Crippen molar-refractivity contribution in [2.24, 2.45) is 0 Å². The Morgan fingerprint density at radius 3 is 2.75 bits per heavy atom. The molecule has 1 aromatic rings. The van der Waals surface area contributed by atoms with E-state index in [9.17, 15) is 0 Å². The van der Waals surface area contributed by atoms with Crippen LogP contribution in [0.2, 0.25) is 5.15 Å². The minimum atomic E-state index is 0.0588. The van der Waals surface area contributed by atoms with Crippen molar-refractivity contribution in [2.75, 3.05) is 13.1 Å². The van der Waals surface area contributed by atoms with Gasteiger partial charge in [-0.3, -0.25) is 0 Å². The van der Waals surface area contributed by atoms with Gasteiger partial charge in [0.25, 0.3) is 0 Å². The maximum atomic E-state index is 6.26. The van der Waals surface area contributed by atoms with E-state index in [0.29, 0.717) is 11.1 Å². The van der Waals surface area contributed by atoms with Gasteiger partial charge >= 0.3 is 0 Å². The molecule has 0 aromatic carbocycles. The standard InChI is InChI=1S/C13H19ClN2/c1-13(2,3)11-10(5-7-16-12(11)14)9-4-6-15-8-9/h5,7,9,15H,4,6,8H2,1-3H3. The zero-order valence-corrected chi connectivity index (χ0v) is 10.9. The molecule has 0 saturated carbocycles. The summed E-state index contributed by atoms with van der Waals surface area (Å²) in [5.41, 5.74) is 2.64. The Hall–Kier alpha value is -0.600. The Labute approximate surface area is 102 Å². The van der Waals surface area contributed by atoms with E-state index in [4.69, 9.17) is 11.6 Å². The zero-order valence-electron chi connectivity index (χ0n) is 10.2. The predicted molar refractivity (Wildman–Crippen MR) is 68.2 cm³/mol. The van der Waals surface area contributed by atoms with Gasteiger partial charge in [0.2, 0.25) is 0 Å². The van der Waals surface area contributed by atoms with Crippen molar-refractivity contribution < 1.29 is 0 Å². The average molecular weight is 239 g/mol. The van der Waals surface area contributed by atoms with Crippen LogP contribution in [0.4, 0.5) is 0 Å². The smallest absolute Gasteiger partial charge is 0.133 e. The van der Waals surface area contributed by atoms with Crippen molar-refractivity contribution in [3.63, 3.8) is 0 Å². The number of hydrogen-bond acceptors (Lipinski definition) is 2. The molecule has 1 aliphatic heterocycles. The second kappa shape index (κ2) is 4.34. The molecule has 2 heterocycles. The Morgan fingerprint density at radius 2 is 2.19 bits per heavy atom. The number of halogens is 1. The molecule has 1 aliphatic rings. The van der Waals surface area contributed by atoms with Gasteiger partial charge in [0.05, 0.1) is 0 Å². The molecule has 0 amide bonds. The van der Waals surface area contributed by atoms with Crippen LogP contribution in [-0.2, 0) is 5.41 Å². The molecule has 0 aliphatic carbocycles. The zero-order chi connectivity index (χ0) is 11.8. The Morgan fingerprint density at radius 1 is 1.44 bits per heavy atom. The summed E-state index contributed by atoms with van der Waals surface area (Å²) >= 11 is 6.26. The van der Waals surface area contributed by atoms with E-state index >= 15 is 0 Å². The van der Waals surface area contributed by atoms with Crippen LogP contribution in [-0.4, -0.2) is 18.1 Å². The Kier molecular flexibility index (Phi) is 3.22. The highest BCUT2D eigenvalue weighted by molar-refractivity contribution is 6.30. The van der Waals surface area contributed by atoms with Crippen LogP contribution in [0.3, 0.4) is 0 Å². The number of nitrogens with zero attached hydrogens (tertiary/aromatic N) is 1. The van der Waals surface area contributed by atoms with E-state index in [1.54, 1.807) is 0 Å². The van der Waals surface area contributed by atoms with Crippen molar-refractivity contribution in [3.05, 3.63) is 28.5 Å². The molecular formula is C13H19ClN2. The number of nitrogens with one attached hydrogen (secondary N) is 1. The summed E-state index contributed by atoms with van der Waals surface area (Å²) in [5, 5.41) is 4.07. The second-order valence-electron chi connectivity index (χ2n) is 5.51. The first-order valence-electron chi connectivity index (χ1n) is 5.86. The summed E-state index contributed by atoms with van der Waals surface area (Å²) in [6, 6.07) is 2.13. The first kappa shape index (κ1) is 11.9. The third-order valence-electron chi connectivity index (χ3n) is 3.19. The van der Waals surface area contributed by atoms with Crippen LogP contribution < -0.4 is 5.32 Å². The molecular weight excluding hydrogens is 220 g/mol. The van der Waals surface area contributed by atoms with Crippen molar-refractivity contribution in [2.45, 2.75) is 38.5 Å². The normalized spacial score (nSPS) is 21.4. The lowest BCUT2D eigenvalue weighted by atomic mass is 9.81. The van der Waals surface area contributed by atoms with Crippen molar-refractivity contribution in [1.82, 2.24) is 10.3 Å². The third kappa shape index (κ3) is 2.23. The van der Waals surface area contributed by atoms with Gasteiger partial charge in [-0.25, -0.2) is 4.98 Å². The van der Waals surface area contributed by atoms with Crippen molar-refractivity contribution in [3.8, 4) is 0 Å². The molecule has 0 spiro atoms. The minimum Gasteiger partial charge on any atom is -0.316 e. The van der Waals surface area contributed by atoms with Crippen LogP contribution in [0, 0.1) is 0 Å². The summed E-state index contributed by atoms with van der Waals surface area (Å²) in [7, 11) is 0. The van der Waals surface area contributed by atoms with Gasteiger partial charge in [0.1, 0.15) is 5.15 Å². The fourth-order valence-electron chi connectivity index (χ4n) is 2.45. The molecule has 1 fully saturated rings. The summed E-state index contributed by atoms with van der Waals surface area (Å²) in [6.45, 7) is 8.75. The topological polar surface area (TPSA) is 24.9 Å². The van der Waals surface area contributed by atoms with E-state index in [-0.39, 0.29) is 5.41 Å². The van der Waals surface area contributed by atoms with E-state index in [1.165, 1.54) is 17.5 Å². The quantitative estimate of drug-likeness (QED) is 0.761. The summed E-state index contributed by atoms with van der Waals surface area (Å²) in [5.74, 6) is 0.592. The molecule has 0 bridgehead atoms. The molecule has 3 heteroatoms. The lowest BCUT2D eigenvalue weighted by molar-refractivity contribution is 0.570. The third-order valence-corrected chi connectivity index (χ3v) is 3.47. The van der Waals surface area contributed by atoms with Gasteiger partial charge in [0.15, 0.2) is 0 Å². The number of hydrogen-bond donors (Lipinski definition) is 1. The second-order valence-corrected chi connectivity index (χ2v) is 5.86. The molecule has 88 valence electrons. The van der Waals surface area contributed by atoms with E-state index in [0.717, 1.165) is 13.1 Å². The van der Waals surface area contributed by atoms with Gasteiger partial charge < -0.3 is 5.32 Å². The molecule has 16 heavy (non-hydrogen) atoms. The molecule has 1 atom stereocenters. The summed E-state index contributed by atoms with van der Waals surface area (Å²) < 4.78 is 0. The minimum absolute atomic E-state index is 0.0588. The molecule has 0 radical (unpaired) electrons. The highest BCUT2D eigenvalue weighted by Gasteiger charge is 2.27. The van der Waals surface area contributed by atoms with Gasteiger partial charge in [-0.2, -0.15) is 0 Å². The maximum absolute atomic E-state index is 6.26. The molecule has 1 saturated heterocycles. The number of pyridine rings is 1. The summed E-state index contributed by atoms with van der Waals surface area (Å²) in [4.78, 5) is 4.22. The molecule has 1 N–H and O–H groups in total. The first-order chi connectivity index (χ1) is 7.50. The van der Waals surface area contributed by atoms with Gasteiger partial charge in [-0.15, -0.1) is 0 Å². The monoisotopic (exact) mass is 238 g/mol. The lowest BCUT2D eigenvalue weighted by Crippen LogP contribution is -2.18. The highest BCUT2D eigenvalue weighted by Crippen LogP contribution is 2.36. The maximum Gasteiger partial charge on any atom is 0.133 e. The van der Waals surface area contributed by atoms with Crippen LogP contribution >= 0.6 is 11.6 Å². The average Bonchev–Trinajstić information content (AvgIpc) is 2.67. The van der Waals surface area contributed by atoms with Crippen LogP contribution in [0.25, 0.3) is 0 Å². The lowest BCUT2D eigenvalue weighted by Gasteiger charge is -2.26. The van der Waals surface area contributed by atoms with Gasteiger partial charge in [0, 0.05) is 12.7 Å². The number of rotatable bonds is 1. The van der Waals surface area contributed by atoms with Crippen LogP contribution in [0.15, 0.2) is 12.3 Å². The first-order valence-corrected chi connectivity index (χ1v) is 6.23. The fraction of sp³-hybridized carbons (Fsp3) is 0.615. The molecule has 1 aromatic heterocycles. The van der Waals surface area contributed by atoms with E-state index in [2.05, 4.69) is 37.1 Å². The number of aromatic nitrogens is 1.